The summed E-state index contributed by atoms with van der Waals surface area (Å²) in [5.74, 6) is -0.299. The van der Waals surface area contributed by atoms with E-state index < -0.39 is 15.6 Å². The number of benzene rings is 2. The largest absolute Gasteiger partial charge is 0.423 e. The Morgan fingerprint density at radius 3 is 2.70 bits per heavy atom. The summed E-state index contributed by atoms with van der Waals surface area (Å²) < 4.78 is 30.0. The van der Waals surface area contributed by atoms with E-state index in [2.05, 4.69) is 5.32 Å². The van der Waals surface area contributed by atoms with Crippen molar-refractivity contribution in [1.82, 2.24) is 0 Å². The minimum absolute atomic E-state index is 0.299. The molecule has 0 saturated heterocycles. The SMILES string of the molecule is CS(=O)(=O)N1CCc2cc(C(=O)Nc3ccc4oc(=O)ccc4c3)ccc21. The Kier molecular flexibility index (Phi) is 4.00. The van der Waals surface area contributed by atoms with Crippen molar-refractivity contribution in [3.63, 3.8) is 0 Å². The topological polar surface area (TPSA) is 96.7 Å². The van der Waals surface area contributed by atoms with Crippen LogP contribution in [0, 0.1) is 0 Å². The number of nitrogens with zero attached hydrogens (tertiary/aromatic N) is 1. The first kappa shape index (κ1) is 17.3. The first-order chi connectivity index (χ1) is 12.8. The number of rotatable bonds is 3. The molecule has 7 nitrogen and oxygen atoms in total. The first-order valence-corrected chi connectivity index (χ1v) is 10.1. The van der Waals surface area contributed by atoms with E-state index in [0.29, 0.717) is 40.9 Å². The predicted molar refractivity (Wildman–Crippen MR) is 103 cm³/mol. The highest BCUT2D eigenvalue weighted by Gasteiger charge is 2.26. The molecule has 1 aliphatic rings. The first-order valence-electron chi connectivity index (χ1n) is 8.27. The van der Waals surface area contributed by atoms with Crippen LogP contribution in [0.2, 0.25) is 0 Å². The Balaban J connectivity index is 1.59. The molecule has 0 saturated carbocycles. The molecule has 4 rings (SSSR count). The maximum atomic E-state index is 12.6. The summed E-state index contributed by atoms with van der Waals surface area (Å²) in [6, 6.07) is 12.9. The molecule has 0 spiro atoms. The quantitative estimate of drug-likeness (QED) is 0.700. The summed E-state index contributed by atoms with van der Waals surface area (Å²) in [4.78, 5) is 23.8. The van der Waals surface area contributed by atoms with Crippen molar-refractivity contribution in [2.75, 3.05) is 22.4 Å². The second-order valence-corrected chi connectivity index (χ2v) is 8.30. The third-order valence-corrected chi connectivity index (χ3v) is 5.65. The van der Waals surface area contributed by atoms with E-state index in [-0.39, 0.29) is 5.91 Å². The Morgan fingerprint density at radius 2 is 1.93 bits per heavy atom. The van der Waals surface area contributed by atoms with Gasteiger partial charge in [-0.05, 0) is 54.4 Å². The molecule has 27 heavy (non-hydrogen) atoms. The highest BCUT2D eigenvalue weighted by molar-refractivity contribution is 7.92. The van der Waals surface area contributed by atoms with Crippen molar-refractivity contribution in [3.8, 4) is 0 Å². The molecule has 3 aromatic rings. The monoisotopic (exact) mass is 384 g/mol. The normalized spacial score (nSPS) is 13.6. The molecule has 2 heterocycles. The van der Waals surface area contributed by atoms with Crippen LogP contribution in [0.4, 0.5) is 11.4 Å². The van der Waals surface area contributed by atoms with Gasteiger partial charge in [0.2, 0.25) is 10.0 Å². The molecule has 138 valence electrons. The fraction of sp³-hybridized carbons (Fsp3) is 0.158. The number of fused-ring (bicyclic) bond motifs is 2. The zero-order chi connectivity index (χ0) is 19.2. The molecule has 0 aliphatic carbocycles. The van der Waals surface area contributed by atoms with Crippen LogP contribution in [0.15, 0.2) is 57.7 Å². The van der Waals surface area contributed by atoms with Crippen LogP contribution in [0.1, 0.15) is 15.9 Å². The third-order valence-electron chi connectivity index (χ3n) is 4.47. The molecule has 1 aromatic heterocycles. The van der Waals surface area contributed by atoms with Gasteiger partial charge in [-0.25, -0.2) is 13.2 Å². The van der Waals surface area contributed by atoms with Crippen LogP contribution >= 0.6 is 0 Å². The van der Waals surface area contributed by atoms with Gasteiger partial charge in [-0.2, -0.15) is 0 Å². The molecular weight excluding hydrogens is 368 g/mol. The van der Waals surface area contributed by atoms with Gasteiger partial charge in [0.05, 0.1) is 11.9 Å². The number of hydrogen-bond donors (Lipinski definition) is 1. The van der Waals surface area contributed by atoms with Crippen molar-refractivity contribution < 1.29 is 17.6 Å². The van der Waals surface area contributed by atoms with E-state index in [1.165, 1.54) is 16.6 Å². The molecule has 0 radical (unpaired) electrons. The fourth-order valence-electron chi connectivity index (χ4n) is 3.21. The number of carbonyl (C=O) groups is 1. The van der Waals surface area contributed by atoms with E-state index in [9.17, 15) is 18.0 Å². The number of sulfonamides is 1. The highest BCUT2D eigenvalue weighted by atomic mass is 32.2. The summed E-state index contributed by atoms with van der Waals surface area (Å²) in [5, 5.41) is 3.51. The Hall–Kier alpha value is -3.13. The van der Waals surface area contributed by atoms with Crippen LogP contribution in [0.25, 0.3) is 11.0 Å². The minimum atomic E-state index is -3.32. The van der Waals surface area contributed by atoms with E-state index in [4.69, 9.17) is 4.42 Å². The second-order valence-electron chi connectivity index (χ2n) is 6.39. The molecule has 8 heteroatoms. The van der Waals surface area contributed by atoms with Crippen LogP contribution < -0.4 is 15.2 Å². The molecule has 0 unspecified atom stereocenters. The lowest BCUT2D eigenvalue weighted by Gasteiger charge is -2.16. The number of hydrogen-bond acceptors (Lipinski definition) is 5. The maximum absolute atomic E-state index is 12.6. The smallest absolute Gasteiger partial charge is 0.336 e. The zero-order valence-corrected chi connectivity index (χ0v) is 15.2. The maximum Gasteiger partial charge on any atom is 0.336 e. The molecule has 1 N–H and O–H groups in total. The van der Waals surface area contributed by atoms with Crippen molar-refractivity contribution >= 4 is 38.3 Å². The molecule has 0 atom stereocenters. The average molecular weight is 384 g/mol. The van der Waals surface area contributed by atoms with E-state index in [0.717, 1.165) is 5.56 Å². The van der Waals surface area contributed by atoms with E-state index in [1.54, 1.807) is 42.5 Å². The average Bonchev–Trinajstić information content (AvgIpc) is 3.05. The van der Waals surface area contributed by atoms with Crippen LogP contribution in [0.3, 0.4) is 0 Å². The van der Waals surface area contributed by atoms with Crippen molar-refractivity contribution in [1.29, 1.82) is 0 Å². The molecule has 2 aromatic carbocycles. The molecular formula is C19H16N2O5S. The van der Waals surface area contributed by atoms with Gasteiger partial charge in [0.15, 0.2) is 0 Å². The Labute approximate surface area is 155 Å². The number of nitrogens with one attached hydrogen (secondary N) is 1. The van der Waals surface area contributed by atoms with Gasteiger partial charge in [0.1, 0.15) is 5.58 Å². The second kappa shape index (κ2) is 6.24. The van der Waals surface area contributed by atoms with Crippen LogP contribution in [0.5, 0.6) is 0 Å². The molecule has 1 aliphatic heterocycles. The molecule has 1 amide bonds. The van der Waals surface area contributed by atoms with Crippen molar-refractivity contribution in [2.45, 2.75) is 6.42 Å². The van der Waals surface area contributed by atoms with Gasteiger partial charge >= 0.3 is 5.63 Å². The summed E-state index contributed by atoms with van der Waals surface area (Å²) in [6.07, 6.45) is 1.74. The third kappa shape index (κ3) is 3.31. The summed E-state index contributed by atoms with van der Waals surface area (Å²) >= 11 is 0. The molecule has 0 bridgehead atoms. The van der Waals surface area contributed by atoms with E-state index in [1.807, 2.05) is 0 Å². The lowest BCUT2D eigenvalue weighted by molar-refractivity contribution is 0.102. The van der Waals surface area contributed by atoms with Gasteiger partial charge < -0.3 is 9.73 Å². The Bertz CT molecular complexity index is 1230. The van der Waals surface area contributed by atoms with Crippen molar-refractivity contribution in [3.05, 3.63) is 70.1 Å². The predicted octanol–water partition coefficient (Wildman–Crippen LogP) is 2.37. The van der Waals surface area contributed by atoms with Gasteiger partial charge in [-0.1, -0.05) is 0 Å². The van der Waals surface area contributed by atoms with Crippen molar-refractivity contribution in [2.24, 2.45) is 0 Å². The van der Waals surface area contributed by atoms with Crippen LogP contribution in [-0.2, 0) is 16.4 Å². The fourth-order valence-corrected chi connectivity index (χ4v) is 4.17. The van der Waals surface area contributed by atoms with Gasteiger partial charge in [0, 0.05) is 29.2 Å². The minimum Gasteiger partial charge on any atom is -0.423 e. The van der Waals surface area contributed by atoms with Gasteiger partial charge in [-0.3, -0.25) is 9.10 Å². The van der Waals surface area contributed by atoms with E-state index >= 15 is 0 Å². The lowest BCUT2D eigenvalue weighted by Crippen LogP contribution is -2.27. The summed E-state index contributed by atoms with van der Waals surface area (Å²) in [5.41, 5.74) is 2.48. The van der Waals surface area contributed by atoms with Gasteiger partial charge in [0.25, 0.3) is 5.91 Å². The molecule has 0 fully saturated rings. The Morgan fingerprint density at radius 1 is 1.11 bits per heavy atom. The lowest BCUT2D eigenvalue weighted by atomic mass is 10.1. The summed E-state index contributed by atoms with van der Waals surface area (Å²) in [6.45, 7) is 0.384. The number of carbonyl (C=O) groups excluding carboxylic acids is 1. The standard InChI is InChI=1S/C19H16N2O5S/c1-27(24,25)21-9-8-12-10-14(2-5-16(12)21)19(23)20-15-4-6-17-13(11-15)3-7-18(22)26-17/h2-7,10-11H,8-9H2,1H3,(H,20,23). The summed E-state index contributed by atoms with van der Waals surface area (Å²) in [7, 11) is -3.32. The van der Waals surface area contributed by atoms with Gasteiger partial charge in [-0.15, -0.1) is 0 Å². The number of anilines is 2. The zero-order valence-electron chi connectivity index (χ0n) is 14.4. The number of amides is 1. The highest BCUT2D eigenvalue weighted by Crippen LogP contribution is 2.31. The van der Waals surface area contributed by atoms with Crippen LogP contribution in [-0.4, -0.2) is 27.1 Å².